The third kappa shape index (κ3) is 4.63. The first kappa shape index (κ1) is 23.8. The first-order valence-corrected chi connectivity index (χ1v) is 14.2. The van der Waals surface area contributed by atoms with Crippen molar-refractivity contribution in [3.8, 4) is 0 Å². The third-order valence-corrected chi connectivity index (χ3v) is 10.5. The number of carbonyl (C=O) groups is 2. The van der Waals surface area contributed by atoms with E-state index in [-0.39, 0.29) is 21.9 Å². The number of esters is 1. The molecule has 1 aromatic carbocycles. The molecule has 186 valence electrons. The Morgan fingerprint density at radius 1 is 1.00 bits per heavy atom. The van der Waals surface area contributed by atoms with Crippen molar-refractivity contribution in [3.63, 3.8) is 0 Å². The number of carbonyl (C=O) groups excluding carboxylic acids is 2. The second-order valence-corrected chi connectivity index (χ2v) is 13.3. The van der Waals surface area contributed by atoms with Gasteiger partial charge in [-0.1, -0.05) is 6.92 Å². The van der Waals surface area contributed by atoms with Gasteiger partial charge in [-0.15, -0.1) is 0 Å². The van der Waals surface area contributed by atoms with Crippen molar-refractivity contribution in [2.24, 2.45) is 23.7 Å². The molecule has 0 unspecified atom stereocenters. The molecular weight excluding hydrogens is 452 g/mol. The Morgan fingerprint density at radius 2 is 1.53 bits per heavy atom. The van der Waals surface area contributed by atoms with Gasteiger partial charge in [-0.25, -0.2) is 13.2 Å². The molecule has 6 rings (SSSR count). The van der Waals surface area contributed by atoms with E-state index in [0.29, 0.717) is 36.8 Å². The van der Waals surface area contributed by atoms with Gasteiger partial charge in [0.1, 0.15) is 0 Å². The Balaban J connectivity index is 1.18. The van der Waals surface area contributed by atoms with Crippen LogP contribution in [0.5, 0.6) is 0 Å². The van der Waals surface area contributed by atoms with Crippen LogP contribution in [-0.2, 0) is 19.6 Å². The van der Waals surface area contributed by atoms with Gasteiger partial charge >= 0.3 is 5.97 Å². The first-order valence-electron chi connectivity index (χ1n) is 12.8. The van der Waals surface area contributed by atoms with Crippen molar-refractivity contribution < 1.29 is 22.7 Å². The van der Waals surface area contributed by atoms with E-state index in [2.05, 4.69) is 12.2 Å². The Hall–Kier alpha value is -1.93. The molecule has 8 heteroatoms. The van der Waals surface area contributed by atoms with Crippen LogP contribution in [0.1, 0.15) is 75.6 Å². The summed E-state index contributed by atoms with van der Waals surface area (Å²) in [6.45, 7) is 4.77. The number of nitrogens with one attached hydrogen (secondary N) is 1. The number of rotatable bonds is 6. The maximum atomic E-state index is 12.9. The number of nitrogens with zero attached hydrogens (tertiary/aromatic N) is 1. The fourth-order valence-corrected chi connectivity index (χ4v) is 8.52. The van der Waals surface area contributed by atoms with Crippen molar-refractivity contribution in [1.82, 2.24) is 9.62 Å². The predicted molar refractivity (Wildman–Crippen MR) is 128 cm³/mol. The minimum Gasteiger partial charge on any atom is -0.449 e. The van der Waals surface area contributed by atoms with E-state index >= 15 is 0 Å². The average molecular weight is 489 g/mol. The van der Waals surface area contributed by atoms with Crippen LogP contribution >= 0.6 is 0 Å². The monoisotopic (exact) mass is 488 g/mol. The number of ether oxygens (including phenoxy) is 1. The Labute approximate surface area is 202 Å². The Bertz CT molecular complexity index is 1010. The van der Waals surface area contributed by atoms with Crippen LogP contribution in [0.2, 0.25) is 0 Å². The van der Waals surface area contributed by atoms with Crippen molar-refractivity contribution in [3.05, 3.63) is 29.8 Å². The van der Waals surface area contributed by atoms with Crippen LogP contribution in [-0.4, -0.2) is 49.3 Å². The predicted octanol–water partition coefficient (Wildman–Crippen LogP) is 3.74. The van der Waals surface area contributed by atoms with Crippen LogP contribution in [0.25, 0.3) is 0 Å². The lowest BCUT2D eigenvalue weighted by Crippen LogP contribution is -2.61. The number of hydrogen-bond donors (Lipinski definition) is 1. The fraction of sp³-hybridized carbons (Fsp3) is 0.692. The summed E-state index contributed by atoms with van der Waals surface area (Å²) in [4.78, 5) is 25.7. The lowest BCUT2D eigenvalue weighted by molar-refractivity contribution is -0.134. The highest BCUT2D eigenvalue weighted by atomic mass is 32.2. The fourth-order valence-electron chi connectivity index (χ4n) is 7.05. The molecule has 4 aliphatic carbocycles. The van der Waals surface area contributed by atoms with Gasteiger partial charge in [0.25, 0.3) is 5.91 Å². The molecule has 1 atom stereocenters. The number of sulfonamides is 1. The van der Waals surface area contributed by atoms with Crippen LogP contribution in [0.3, 0.4) is 0 Å². The van der Waals surface area contributed by atoms with E-state index in [4.69, 9.17) is 4.74 Å². The summed E-state index contributed by atoms with van der Waals surface area (Å²) >= 11 is 0. The molecule has 0 spiro atoms. The standard InChI is InChI=1S/C26H36N2O5S/c1-17-7-9-28(10-8-17)34(31,32)23-5-3-22(4-6-23)25(30)33-18(2)24(29)27-26-14-19-11-20(15-26)13-21(12-19)16-26/h3-6,17-21H,7-16H2,1-2H3,(H,27,29)/t18-,19?,20?,21?,26?/m1/s1. The minimum atomic E-state index is -3.57. The molecule has 0 aromatic heterocycles. The molecule has 0 radical (unpaired) electrons. The van der Waals surface area contributed by atoms with Crippen LogP contribution < -0.4 is 5.32 Å². The van der Waals surface area contributed by atoms with Gasteiger partial charge in [0.15, 0.2) is 6.10 Å². The van der Waals surface area contributed by atoms with E-state index in [0.717, 1.165) is 32.1 Å². The third-order valence-electron chi connectivity index (χ3n) is 8.55. The molecule has 1 amide bonds. The average Bonchev–Trinajstić information content (AvgIpc) is 2.78. The first-order chi connectivity index (χ1) is 16.1. The maximum Gasteiger partial charge on any atom is 0.338 e. The number of benzene rings is 1. The summed E-state index contributed by atoms with van der Waals surface area (Å²) < 4.78 is 32.8. The van der Waals surface area contributed by atoms with E-state index in [1.54, 1.807) is 6.92 Å². The highest BCUT2D eigenvalue weighted by Crippen LogP contribution is 2.55. The van der Waals surface area contributed by atoms with E-state index in [1.165, 1.54) is 47.8 Å². The van der Waals surface area contributed by atoms with Crippen LogP contribution in [0.15, 0.2) is 29.2 Å². The molecule has 1 N–H and O–H groups in total. The maximum absolute atomic E-state index is 12.9. The molecule has 5 fully saturated rings. The quantitative estimate of drug-likeness (QED) is 0.616. The molecular formula is C26H36N2O5S. The van der Waals surface area contributed by atoms with Gasteiger partial charge in [-0.05, 0) is 106 Å². The minimum absolute atomic E-state index is 0.130. The van der Waals surface area contributed by atoms with Gasteiger partial charge in [0.05, 0.1) is 10.5 Å². The van der Waals surface area contributed by atoms with E-state index < -0.39 is 22.1 Å². The van der Waals surface area contributed by atoms with Gasteiger partial charge in [0.2, 0.25) is 10.0 Å². The summed E-state index contributed by atoms with van der Waals surface area (Å²) in [6.07, 6.45) is 7.80. The largest absolute Gasteiger partial charge is 0.449 e. The Kier molecular flexibility index (Phi) is 6.25. The second kappa shape index (κ2) is 8.94. The van der Waals surface area contributed by atoms with Gasteiger partial charge < -0.3 is 10.1 Å². The number of amides is 1. The molecule has 7 nitrogen and oxygen atoms in total. The lowest BCUT2D eigenvalue weighted by atomic mass is 9.53. The zero-order chi connectivity index (χ0) is 24.1. The van der Waals surface area contributed by atoms with Gasteiger partial charge in [-0.2, -0.15) is 4.31 Å². The van der Waals surface area contributed by atoms with Crippen molar-refractivity contribution in [1.29, 1.82) is 0 Å². The molecule has 34 heavy (non-hydrogen) atoms. The number of hydrogen-bond acceptors (Lipinski definition) is 5. The van der Waals surface area contributed by atoms with Crippen molar-refractivity contribution in [2.75, 3.05) is 13.1 Å². The van der Waals surface area contributed by atoms with E-state index in [1.807, 2.05) is 0 Å². The summed E-state index contributed by atoms with van der Waals surface area (Å²) in [6, 6.07) is 5.82. The summed E-state index contributed by atoms with van der Waals surface area (Å²) in [5.41, 5.74) is 0.107. The molecule has 1 heterocycles. The molecule has 1 aliphatic heterocycles. The highest BCUT2D eigenvalue weighted by Gasteiger charge is 2.51. The highest BCUT2D eigenvalue weighted by molar-refractivity contribution is 7.89. The summed E-state index contributed by atoms with van der Waals surface area (Å²) in [5.74, 6) is 1.82. The normalized spacial score (nSPS) is 32.4. The topological polar surface area (TPSA) is 92.8 Å². The van der Waals surface area contributed by atoms with Crippen LogP contribution in [0, 0.1) is 23.7 Å². The SMILES string of the molecule is CC1CCN(S(=O)(=O)c2ccc(C(=O)O[C@H](C)C(=O)NC34CC5CC(CC(C5)C3)C4)cc2)CC1. The van der Waals surface area contributed by atoms with Gasteiger partial charge in [0, 0.05) is 18.6 Å². The molecule has 4 bridgehead atoms. The zero-order valence-corrected chi connectivity index (χ0v) is 21.0. The number of piperidine rings is 1. The molecule has 4 saturated carbocycles. The Morgan fingerprint density at radius 3 is 2.06 bits per heavy atom. The summed E-state index contributed by atoms with van der Waals surface area (Å²) in [5, 5.41) is 3.25. The van der Waals surface area contributed by atoms with Gasteiger partial charge in [-0.3, -0.25) is 4.79 Å². The van der Waals surface area contributed by atoms with Crippen molar-refractivity contribution >= 4 is 21.9 Å². The zero-order valence-electron chi connectivity index (χ0n) is 20.2. The molecule has 1 aromatic rings. The summed E-state index contributed by atoms with van der Waals surface area (Å²) in [7, 11) is -3.57. The van der Waals surface area contributed by atoms with E-state index in [9.17, 15) is 18.0 Å². The second-order valence-electron chi connectivity index (χ2n) is 11.3. The molecule has 1 saturated heterocycles. The smallest absolute Gasteiger partial charge is 0.338 e. The van der Waals surface area contributed by atoms with Crippen molar-refractivity contribution in [2.45, 2.75) is 81.8 Å². The molecule has 5 aliphatic rings. The van der Waals surface area contributed by atoms with Crippen LogP contribution in [0.4, 0.5) is 0 Å². The lowest BCUT2D eigenvalue weighted by Gasteiger charge is -2.57.